The van der Waals surface area contributed by atoms with Crippen molar-refractivity contribution < 1.29 is 0 Å². The van der Waals surface area contributed by atoms with Crippen molar-refractivity contribution >= 4 is 39.1 Å². The molecule has 160 valence electrons. The Bertz CT molecular complexity index is 1300. The summed E-state index contributed by atoms with van der Waals surface area (Å²) in [5.41, 5.74) is 2.88. The third-order valence-electron chi connectivity index (χ3n) is 5.61. The molecule has 4 heterocycles. The van der Waals surface area contributed by atoms with Crippen LogP contribution in [0.25, 0.3) is 26.6 Å². The number of rotatable bonds is 4. The highest BCUT2D eigenvalue weighted by atomic mass is 35.5. The number of halogens is 1. The fraction of sp³-hybridized carbons (Fsp3) is 0.333. The predicted octanol–water partition coefficient (Wildman–Crippen LogP) is 3.34. The maximum atomic E-state index is 12.7. The minimum atomic E-state index is -0.181. The molecular weight excluding hydrogens is 434 g/mol. The van der Waals surface area contributed by atoms with Gasteiger partial charge in [0, 0.05) is 49.0 Å². The van der Waals surface area contributed by atoms with Crippen LogP contribution in [-0.4, -0.2) is 62.4 Å². The van der Waals surface area contributed by atoms with Gasteiger partial charge in [0.2, 0.25) is 11.1 Å². The maximum absolute atomic E-state index is 12.7. The molecule has 1 fully saturated rings. The first kappa shape index (κ1) is 20.2. The Morgan fingerprint density at radius 1 is 1.16 bits per heavy atom. The lowest BCUT2D eigenvalue weighted by molar-refractivity contribution is 0.270. The molecule has 1 aromatic carbocycles. The Balaban J connectivity index is 1.44. The molecule has 4 aromatic rings. The average molecular weight is 456 g/mol. The molecular formula is C21H22ClN7OS. The van der Waals surface area contributed by atoms with Crippen molar-refractivity contribution in [2.24, 2.45) is 0 Å². The van der Waals surface area contributed by atoms with Gasteiger partial charge in [0.05, 0.1) is 21.6 Å². The fourth-order valence-corrected chi connectivity index (χ4v) is 4.87. The van der Waals surface area contributed by atoms with Crippen LogP contribution in [0.15, 0.2) is 35.3 Å². The fourth-order valence-electron chi connectivity index (χ4n) is 3.80. The average Bonchev–Trinajstić information content (AvgIpc) is 3.36. The largest absolute Gasteiger partial charge is 0.338 e. The Hall–Kier alpha value is -2.75. The van der Waals surface area contributed by atoms with E-state index >= 15 is 0 Å². The number of hydrogen-bond acceptors (Lipinski definition) is 7. The number of aromatic amines is 1. The van der Waals surface area contributed by atoms with E-state index in [2.05, 4.69) is 31.8 Å². The standard InChI is InChI=1S/C21H22ClN7OS/c1-3-27-6-8-28(9-7-27)20-23-12-15(13(2)24-20)16-11-19(30)29(26-16)21-25-17-10-14(22)4-5-18(17)31-21/h4-5,10-12,26H,3,6-9H2,1-2H3. The van der Waals surface area contributed by atoms with Crippen LogP contribution in [-0.2, 0) is 0 Å². The van der Waals surface area contributed by atoms with E-state index in [0.29, 0.717) is 15.8 Å². The summed E-state index contributed by atoms with van der Waals surface area (Å²) in [6, 6.07) is 7.08. The van der Waals surface area contributed by atoms with E-state index in [1.54, 1.807) is 18.3 Å². The van der Waals surface area contributed by atoms with Gasteiger partial charge in [0.15, 0.2) is 0 Å². The van der Waals surface area contributed by atoms with Gasteiger partial charge in [-0.1, -0.05) is 29.9 Å². The Morgan fingerprint density at radius 3 is 2.71 bits per heavy atom. The minimum Gasteiger partial charge on any atom is -0.338 e. The van der Waals surface area contributed by atoms with E-state index in [-0.39, 0.29) is 5.56 Å². The monoisotopic (exact) mass is 455 g/mol. The summed E-state index contributed by atoms with van der Waals surface area (Å²) in [5.74, 6) is 0.738. The van der Waals surface area contributed by atoms with Crippen LogP contribution in [0.2, 0.25) is 5.02 Å². The molecule has 1 saturated heterocycles. The number of thiazole rings is 1. The van der Waals surface area contributed by atoms with Crippen LogP contribution >= 0.6 is 22.9 Å². The van der Waals surface area contributed by atoms with Gasteiger partial charge in [0.1, 0.15) is 0 Å². The molecule has 5 rings (SSSR count). The number of anilines is 1. The number of piperazine rings is 1. The Labute approximate surface area is 188 Å². The van der Waals surface area contributed by atoms with Crippen molar-refractivity contribution in [3.63, 3.8) is 0 Å². The predicted molar refractivity (Wildman–Crippen MR) is 125 cm³/mol. The number of fused-ring (bicyclic) bond motifs is 1. The molecule has 10 heteroatoms. The summed E-state index contributed by atoms with van der Waals surface area (Å²) in [6.45, 7) is 9.07. The summed E-state index contributed by atoms with van der Waals surface area (Å²) >= 11 is 7.49. The molecule has 1 aliphatic rings. The molecule has 31 heavy (non-hydrogen) atoms. The van der Waals surface area contributed by atoms with E-state index in [4.69, 9.17) is 16.6 Å². The van der Waals surface area contributed by atoms with Gasteiger partial charge in [0.25, 0.3) is 5.56 Å². The van der Waals surface area contributed by atoms with Crippen LogP contribution in [0.3, 0.4) is 0 Å². The van der Waals surface area contributed by atoms with Gasteiger partial charge in [-0.15, -0.1) is 0 Å². The van der Waals surface area contributed by atoms with Gasteiger partial charge >= 0.3 is 0 Å². The molecule has 0 bridgehead atoms. The minimum absolute atomic E-state index is 0.181. The molecule has 3 aromatic heterocycles. The first-order chi connectivity index (χ1) is 15.0. The van der Waals surface area contributed by atoms with Crippen molar-refractivity contribution in [2.45, 2.75) is 13.8 Å². The number of hydrogen-bond donors (Lipinski definition) is 1. The summed E-state index contributed by atoms with van der Waals surface area (Å²) in [5, 5.41) is 4.35. The van der Waals surface area contributed by atoms with Gasteiger partial charge in [-0.25, -0.2) is 15.0 Å². The second kappa shape index (κ2) is 8.07. The topological polar surface area (TPSA) is 82.9 Å². The van der Waals surface area contributed by atoms with E-state index < -0.39 is 0 Å². The van der Waals surface area contributed by atoms with E-state index in [1.807, 2.05) is 19.1 Å². The van der Waals surface area contributed by atoms with Crippen molar-refractivity contribution in [2.75, 3.05) is 37.6 Å². The van der Waals surface area contributed by atoms with Gasteiger partial charge < -0.3 is 9.80 Å². The molecule has 0 spiro atoms. The Kier molecular flexibility index (Phi) is 5.25. The number of nitrogens with one attached hydrogen (secondary N) is 1. The van der Waals surface area contributed by atoms with Gasteiger partial charge in [-0.3, -0.25) is 9.89 Å². The summed E-state index contributed by atoms with van der Waals surface area (Å²) in [4.78, 5) is 31.1. The number of likely N-dealkylation sites (N-methyl/N-ethyl adjacent to an activating group) is 1. The number of benzene rings is 1. The van der Waals surface area contributed by atoms with E-state index in [1.165, 1.54) is 16.0 Å². The highest BCUT2D eigenvalue weighted by molar-refractivity contribution is 7.20. The first-order valence-corrected chi connectivity index (χ1v) is 11.4. The van der Waals surface area contributed by atoms with Crippen LogP contribution in [0, 0.1) is 6.92 Å². The molecule has 0 radical (unpaired) electrons. The smallest absolute Gasteiger partial charge is 0.273 e. The summed E-state index contributed by atoms with van der Waals surface area (Å²) < 4.78 is 2.42. The van der Waals surface area contributed by atoms with Gasteiger partial charge in [-0.2, -0.15) is 4.68 Å². The van der Waals surface area contributed by atoms with Crippen LogP contribution < -0.4 is 10.5 Å². The van der Waals surface area contributed by atoms with Crippen LogP contribution in [0.5, 0.6) is 0 Å². The van der Waals surface area contributed by atoms with Crippen LogP contribution in [0.4, 0.5) is 5.95 Å². The second-order valence-corrected chi connectivity index (χ2v) is 8.99. The van der Waals surface area contributed by atoms with Gasteiger partial charge in [-0.05, 0) is 31.7 Å². The normalized spacial score (nSPS) is 15.1. The third-order valence-corrected chi connectivity index (χ3v) is 6.87. The van der Waals surface area contributed by atoms with Crippen LogP contribution in [0.1, 0.15) is 12.6 Å². The zero-order chi connectivity index (χ0) is 21.5. The molecule has 0 saturated carbocycles. The molecule has 0 aliphatic carbocycles. The lowest BCUT2D eigenvalue weighted by Crippen LogP contribution is -2.46. The zero-order valence-electron chi connectivity index (χ0n) is 17.3. The molecule has 0 atom stereocenters. The first-order valence-electron chi connectivity index (χ1n) is 10.2. The summed E-state index contributed by atoms with van der Waals surface area (Å²) in [6.07, 6.45) is 1.79. The lowest BCUT2D eigenvalue weighted by atomic mass is 10.2. The Morgan fingerprint density at radius 2 is 1.97 bits per heavy atom. The second-order valence-electron chi connectivity index (χ2n) is 7.54. The quantitative estimate of drug-likeness (QED) is 0.508. The number of aryl methyl sites for hydroxylation is 1. The van der Waals surface area contributed by atoms with E-state index in [9.17, 15) is 4.79 Å². The molecule has 1 N–H and O–H groups in total. The molecule has 0 unspecified atom stereocenters. The molecule has 1 aliphatic heterocycles. The van der Waals surface area contributed by atoms with E-state index in [0.717, 1.165) is 60.1 Å². The van der Waals surface area contributed by atoms with Crippen molar-refractivity contribution in [3.8, 4) is 16.4 Å². The highest BCUT2D eigenvalue weighted by Crippen LogP contribution is 2.27. The zero-order valence-corrected chi connectivity index (χ0v) is 18.9. The summed E-state index contributed by atoms with van der Waals surface area (Å²) in [7, 11) is 0. The van der Waals surface area contributed by atoms with Crippen molar-refractivity contribution in [3.05, 3.63) is 51.5 Å². The number of aromatic nitrogens is 5. The third kappa shape index (κ3) is 3.84. The maximum Gasteiger partial charge on any atom is 0.273 e. The van der Waals surface area contributed by atoms with Crippen molar-refractivity contribution in [1.29, 1.82) is 0 Å². The molecule has 8 nitrogen and oxygen atoms in total. The molecule has 0 amide bonds. The van der Waals surface area contributed by atoms with Crippen molar-refractivity contribution in [1.82, 2.24) is 29.6 Å². The number of nitrogens with zero attached hydrogens (tertiary/aromatic N) is 6. The number of H-pyrrole nitrogens is 1. The SMILES string of the molecule is CCN1CCN(c2ncc(-c3cc(=O)n(-c4nc5cc(Cl)ccc5s4)[nH]3)c(C)n2)CC1. The highest BCUT2D eigenvalue weighted by Gasteiger charge is 2.19. The lowest BCUT2D eigenvalue weighted by Gasteiger charge is -2.34.